The highest BCUT2D eigenvalue weighted by atomic mass is 32.2. The number of nitrogens with one attached hydrogen (secondary N) is 1. The lowest BCUT2D eigenvalue weighted by atomic mass is 10.2. The van der Waals surface area contributed by atoms with Gasteiger partial charge in [0.25, 0.3) is 5.91 Å². The number of hydrogen-bond donors (Lipinski definition) is 1. The molecule has 1 N–H and O–H groups in total. The van der Waals surface area contributed by atoms with E-state index in [4.69, 9.17) is 0 Å². The maximum absolute atomic E-state index is 12.6. The van der Waals surface area contributed by atoms with E-state index in [0.717, 1.165) is 33.8 Å². The lowest BCUT2D eigenvalue weighted by molar-refractivity contribution is -0.119. The van der Waals surface area contributed by atoms with Crippen LogP contribution < -0.4 is 10.2 Å². The zero-order valence-electron chi connectivity index (χ0n) is 16.2. The first kappa shape index (κ1) is 20.5. The van der Waals surface area contributed by atoms with Gasteiger partial charge in [-0.15, -0.1) is 15.3 Å². The minimum Gasteiger partial charge on any atom is -0.353 e. The van der Waals surface area contributed by atoms with Crippen LogP contribution in [0.15, 0.2) is 4.34 Å². The second-order valence-electron chi connectivity index (χ2n) is 7.15. The molecule has 156 valence electrons. The summed E-state index contributed by atoms with van der Waals surface area (Å²) in [5.74, 6) is 0.438. The number of anilines is 1. The third-order valence-electron chi connectivity index (χ3n) is 5.13. The van der Waals surface area contributed by atoms with E-state index in [0.29, 0.717) is 48.5 Å². The Morgan fingerprint density at radius 3 is 2.59 bits per heavy atom. The monoisotopic (exact) mass is 453 g/mol. The molecule has 0 spiro atoms. The molecule has 12 heteroatoms. The molecule has 2 aromatic rings. The molecular formula is C17H23N7O2S3. The summed E-state index contributed by atoms with van der Waals surface area (Å²) in [7, 11) is 0. The van der Waals surface area contributed by atoms with Crippen molar-refractivity contribution in [1.29, 1.82) is 0 Å². The molecule has 29 heavy (non-hydrogen) atoms. The Morgan fingerprint density at radius 2 is 1.90 bits per heavy atom. The van der Waals surface area contributed by atoms with Gasteiger partial charge in [0.2, 0.25) is 11.0 Å². The molecule has 1 saturated heterocycles. The highest BCUT2D eigenvalue weighted by molar-refractivity contribution is 8.01. The maximum atomic E-state index is 12.6. The van der Waals surface area contributed by atoms with Crippen molar-refractivity contribution in [2.45, 2.75) is 43.0 Å². The number of nitrogens with zero attached hydrogens (tertiary/aromatic N) is 6. The van der Waals surface area contributed by atoms with Gasteiger partial charge in [0.15, 0.2) is 4.34 Å². The first-order chi connectivity index (χ1) is 14.1. The van der Waals surface area contributed by atoms with Crippen LogP contribution >= 0.6 is 34.6 Å². The number of carbonyl (C=O) groups is 2. The maximum Gasteiger partial charge on any atom is 0.267 e. The summed E-state index contributed by atoms with van der Waals surface area (Å²) in [5, 5.41) is 16.3. The van der Waals surface area contributed by atoms with Crippen molar-refractivity contribution in [3.05, 3.63) is 10.6 Å². The van der Waals surface area contributed by atoms with E-state index in [1.165, 1.54) is 35.9 Å². The topological polar surface area (TPSA) is 104 Å². The van der Waals surface area contributed by atoms with Gasteiger partial charge in [-0.05, 0) is 31.3 Å². The van der Waals surface area contributed by atoms with Crippen molar-refractivity contribution >= 4 is 51.6 Å². The number of hydrogen-bond acceptors (Lipinski definition) is 10. The van der Waals surface area contributed by atoms with Crippen molar-refractivity contribution in [2.24, 2.45) is 0 Å². The fraction of sp³-hybridized carbons (Fsp3) is 0.647. The summed E-state index contributed by atoms with van der Waals surface area (Å²) < 4.78 is 4.65. The summed E-state index contributed by atoms with van der Waals surface area (Å²) in [6.07, 6.45) is 4.59. The Bertz CT molecular complexity index is 857. The number of carbonyl (C=O) groups excluding carboxylic acids is 2. The normalized spacial score (nSPS) is 17.7. The van der Waals surface area contributed by atoms with Crippen molar-refractivity contribution in [2.75, 3.05) is 36.8 Å². The Labute approximate surface area is 181 Å². The predicted molar refractivity (Wildman–Crippen MR) is 114 cm³/mol. The summed E-state index contributed by atoms with van der Waals surface area (Å²) in [5.41, 5.74) is 0.685. The molecule has 3 heterocycles. The van der Waals surface area contributed by atoms with Crippen LogP contribution in [0.3, 0.4) is 0 Å². The number of aryl methyl sites for hydroxylation is 1. The third-order valence-corrected chi connectivity index (χ3v) is 8.06. The summed E-state index contributed by atoms with van der Waals surface area (Å²) in [6.45, 7) is 4.47. The SMILES string of the molecule is Cc1nnsc1C(=O)N1CCN(c2nnc(SCC(=O)NC3CCCC3)s2)CC1. The van der Waals surface area contributed by atoms with Gasteiger partial charge in [0.1, 0.15) is 4.88 Å². The molecule has 0 radical (unpaired) electrons. The molecule has 9 nitrogen and oxygen atoms in total. The number of amides is 2. The molecule has 0 bridgehead atoms. The van der Waals surface area contributed by atoms with E-state index in [2.05, 4.69) is 30.0 Å². The van der Waals surface area contributed by atoms with Crippen LogP contribution in [0.4, 0.5) is 5.13 Å². The number of thioether (sulfide) groups is 1. The summed E-state index contributed by atoms with van der Waals surface area (Å²) >= 11 is 4.08. The molecule has 2 amide bonds. The van der Waals surface area contributed by atoms with Crippen LogP contribution in [-0.2, 0) is 4.79 Å². The van der Waals surface area contributed by atoms with Crippen molar-refractivity contribution in [1.82, 2.24) is 30.0 Å². The minimum absolute atomic E-state index is 0.000988. The van der Waals surface area contributed by atoms with E-state index in [1.54, 1.807) is 6.92 Å². The lowest BCUT2D eigenvalue weighted by Gasteiger charge is -2.34. The highest BCUT2D eigenvalue weighted by Gasteiger charge is 2.26. The Morgan fingerprint density at radius 1 is 1.14 bits per heavy atom. The second-order valence-corrected chi connectivity index (χ2v) is 10.1. The predicted octanol–water partition coefficient (Wildman–Crippen LogP) is 1.81. The highest BCUT2D eigenvalue weighted by Crippen LogP contribution is 2.29. The van der Waals surface area contributed by atoms with Crippen LogP contribution in [0.1, 0.15) is 41.0 Å². The fourth-order valence-corrected chi connectivity index (χ4v) is 5.86. The van der Waals surface area contributed by atoms with E-state index in [1.807, 2.05) is 4.90 Å². The number of rotatable bonds is 6. The zero-order chi connectivity index (χ0) is 20.2. The largest absolute Gasteiger partial charge is 0.353 e. The Hall–Kier alpha value is -1.79. The first-order valence-corrected chi connectivity index (χ1v) is 12.3. The van der Waals surface area contributed by atoms with Crippen LogP contribution in [0.2, 0.25) is 0 Å². The van der Waals surface area contributed by atoms with Crippen LogP contribution in [0.25, 0.3) is 0 Å². The van der Waals surface area contributed by atoms with Crippen molar-refractivity contribution in [3.8, 4) is 0 Å². The van der Waals surface area contributed by atoms with Gasteiger partial charge in [0, 0.05) is 32.2 Å². The molecule has 1 saturated carbocycles. The van der Waals surface area contributed by atoms with Gasteiger partial charge in [0.05, 0.1) is 11.4 Å². The van der Waals surface area contributed by atoms with E-state index < -0.39 is 0 Å². The molecule has 0 atom stereocenters. The molecule has 4 rings (SSSR count). The average molecular weight is 454 g/mol. The van der Waals surface area contributed by atoms with Crippen molar-refractivity contribution in [3.63, 3.8) is 0 Å². The average Bonchev–Trinajstić information content (AvgIpc) is 3.48. The Kier molecular flexibility index (Phi) is 6.60. The molecule has 2 aromatic heterocycles. The second kappa shape index (κ2) is 9.35. The van der Waals surface area contributed by atoms with Gasteiger partial charge in [-0.25, -0.2) is 0 Å². The lowest BCUT2D eigenvalue weighted by Crippen LogP contribution is -2.48. The van der Waals surface area contributed by atoms with Crippen LogP contribution in [0, 0.1) is 6.92 Å². The molecule has 0 aromatic carbocycles. The molecule has 1 aliphatic heterocycles. The van der Waals surface area contributed by atoms with Crippen LogP contribution in [-0.4, -0.2) is 74.5 Å². The standard InChI is InChI=1S/C17H23N7O2S3/c1-11-14(29-22-19-11)15(26)23-6-8-24(9-7-23)16-20-21-17(28-16)27-10-13(25)18-12-4-2-3-5-12/h12H,2-10H2,1H3,(H,18,25). The van der Waals surface area contributed by atoms with Crippen molar-refractivity contribution < 1.29 is 9.59 Å². The van der Waals surface area contributed by atoms with E-state index in [-0.39, 0.29) is 11.8 Å². The van der Waals surface area contributed by atoms with Gasteiger partial charge in [-0.1, -0.05) is 40.4 Å². The van der Waals surface area contributed by atoms with Gasteiger partial charge in [-0.2, -0.15) is 0 Å². The molecular weight excluding hydrogens is 430 g/mol. The van der Waals surface area contributed by atoms with Gasteiger partial charge in [-0.3, -0.25) is 9.59 Å². The van der Waals surface area contributed by atoms with E-state index >= 15 is 0 Å². The van der Waals surface area contributed by atoms with E-state index in [9.17, 15) is 9.59 Å². The zero-order valence-corrected chi connectivity index (χ0v) is 18.6. The molecule has 2 aliphatic rings. The summed E-state index contributed by atoms with van der Waals surface area (Å²) in [4.78, 5) is 29.2. The van der Waals surface area contributed by atoms with Gasteiger partial charge >= 0.3 is 0 Å². The molecule has 1 aliphatic carbocycles. The fourth-order valence-electron chi connectivity index (χ4n) is 3.53. The molecule has 2 fully saturated rings. The third kappa shape index (κ3) is 5.04. The number of piperazine rings is 1. The molecule has 0 unspecified atom stereocenters. The quantitative estimate of drug-likeness (QED) is 0.661. The smallest absolute Gasteiger partial charge is 0.267 e. The summed E-state index contributed by atoms with van der Waals surface area (Å²) in [6, 6.07) is 0.344. The minimum atomic E-state index is -0.000988. The first-order valence-electron chi connectivity index (χ1n) is 9.69. The van der Waals surface area contributed by atoms with Crippen LogP contribution in [0.5, 0.6) is 0 Å². The van der Waals surface area contributed by atoms with Gasteiger partial charge < -0.3 is 15.1 Å². The Balaban J connectivity index is 1.24. The number of aromatic nitrogens is 4.